The third-order valence-corrected chi connectivity index (χ3v) is 5.59. The third kappa shape index (κ3) is 2.22. The van der Waals surface area contributed by atoms with Crippen molar-refractivity contribution in [3.8, 4) is 0 Å². The van der Waals surface area contributed by atoms with Gasteiger partial charge in [-0.25, -0.2) is 0 Å². The number of halogens is 1. The van der Waals surface area contributed by atoms with E-state index in [0.29, 0.717) is 12.8 Å². The van der Waals surface area contributed by atoms with E-state index in [2.05, 4.69) is 59.0 Å². The highest BCUT2D eigenvalue weighted by Crippen LogP contribution is 2.59. The third-order valence-electron chi connectivity index (χ3n) is 5.10. The molecule has 0 amide bonds. The van der Waals surface area contributed by atoms with Crippen molar-refractivity contribution in [1.82, 2.24) is 14.8 Å². The fraction of sp³-hybridized carbons (Fsp3) is 0.529. The minimum absolute atomic E-state index is 0.166. The Morgan fingerprint density at radius 2 is 1.95 bits per heavy atom. The van der Waals surface area contributed by atoms with Crippen molar-refractivity contribution in [2.24, 2.45) is 12.5 Å². The number of hydrogen-bond acceptors (Lipinski definition) is 3. The second-order valence-corrected chi connectivity index (χ2v) is 8.41. The van der Waals surface area contributed by atoms with Gasteiger partial charge >= 0.3 is 0 Å². The van der Waals surface area contributed by atoms with Crippen LogP contribution in [0.25, 0.3) is 0 Å². The van der Waals surface area contributed by atoms with E-state index in [-0.39, 0.29) is 10.8 Å². The maximum Gasteiger partial charge on any atom is 0.143 e. The SMILES string of the molecule is Cn1cnnc1C1(c2cccc(Br)c2)CC(O)(C(C)(C)C)C1. The second kappa shape index (κ2) is 4.90. The van der Waals surface area contributed by atoms with E-state index in [1.807, 2.05) is 23.7 Å². The molecule has 0 aliphatic heterocycles. The van der Waals surface area contributed by atoms with Crippen molar-refractivity contribution in [2.45, 2.75) is 44.6 Å². The molecule has 22 heavy (non-hydrogen) atoms. The summed E-state index contributed by atoms with van der Waals surface area (Å²) in [4.78, 5) is 0. The molecule has 0 radical (unpaired) electrons. The molecule has 0 bridgehead atoms. The Balaban J connectivity index is 2.10. The van der Waals surface area contributed by atoms with Gasteiger partial charge in [-0.1, -0.05) is 48.8 Å². The number of nitrogens with zero attached hydrogens (tertiary/aromatic N) is 3. The summed E-state index contributed by atoms with van der Waals surface area (Å²) in [5, 5.41) is 19.4. The first kappa shape index (κ1) is 15.7. The van der Waals surface area contributed by atoms with Crippen LogP contribution in [0.4, 0.5) is 0 Å². The van der Waals surface area contributed by atoms with Crippen molar-refractivity contribution in [2.75, 3.05) is 0 Å². The summed E-state index contributed by atoms with van der Waals surface area (Å²) in [5.41, 5.74) is 0.0336. The van der Waals surface area contributed by atoms with Crippen LogP contribution in [0, 0.1) is 5.41 Å². The molecule has 0 atom stereocenters. The van der Waals surface area contributed by atoms with Gasteiger partial charge in [0.2, 0.25) is 0 Å². The molecule has 0 spiro atoms. The first-order valence-corrected chi connectivity index (χ1v) is 8.30. The predicted octanol–water partition coefficient (Wildman–Crippen LogP) is 3.43. The van der Waals surface area contributed by atoms with Gasteiger partial charge in [0.1, 0.15) is 12.2 Å². The van der Waals surface area contributed by atoms with Crippen molar-refractivity contribution in [1.29, 1.82) is 0 Å². The second-order valence-electron chi connectivity index (χ2n) is 7.49. The molecule has 5 heteroatoms. The molecule has 1 aromatic heterocycles. The number of aryl methyl sites for hydroxylation is 1. The Hall–Kier alpha value is -1.20. The first-order valence-electron chi connectivity index (χ1n) is 7.51. The van der Waals surface area contributed by atoms with Gasteiger partial charge in [0, 0.05) is 11.5 Å². The molecule has 0 saturated heterocycles. The lowest BCUT2D eigenvalue weighted by atomic mass is 9.49. The standard InChI is InChI=1S/C17H22BrN3O/c1-15(2,3)17(22)9-16(10-17,14-20-19-11-21(14)4)12-6-5-7-13(18)8-12/h5-8,11,22H,9-10H2,1-4H3. The van der Waals surface area contributed by atoms with Crippen LogP contribution in [0.3, 0.4) is 0 Å². The van der Waals surface area contributed by atoms with Crippen LogP contribution in [0.15, 0.2) is 35.1 Å². The van der Waals surface area contributed by atoms with E-state index < -0.39 is 5.60 Å². The average molecular weight is 364 g/mol. The first-order chi connectivity index (χ1) is 10.2. The Kier molecular flexibility index (Phi) is 3.49. The van der Waals surface area contributed by atoms with Gasteiger partial charge in [-0.2, -0.15) is 0 Å². The summed E-state index contributed by atoms with van der Waals surface area (Å²) >= 11 is 3.55. The van der Waals surface area contributed by atoms with Crippen LogP contribution in [0.2, 0.25) is 0 Å². The summed E-state index contributed by atoms with van der Waals surface area (Å²) in [7, 11) is 1.96. The van der Waals surface area contributed by atoms with E-state index >= 15 is 0 Å². The van der Waals surface area contributed by atoms with Crippen molar-refractivity contribution < 1.29 is 5.11 Å². The topological polar surface area (TPSA) is 50.9 Å². The Morgan fingerprint density at radius 1 is 1.27 bits per heavy atom. The van der Waals surface area contributed by atoms with Gasteiger partial charge in [-0.05, 0) is 36.0 Å². The fourth-order valence-corrected chi connectivity index (χ4v) is 3.87. The van der Waals surface area contributed by atoms with Crippen molar-refractivity contribution >= 4 is 15.9 Å². The van der Waals surface area contributed by atoms with Crippen LogP contribution < -0.4 is 0 Å². The van der Waals surface area contributed by atoms with Crippen LogP contribution in [-0.2, 0) is 12.5 Å². The summed E-state index contributed by atoms with van der Waals surface area (Å²) in [6.45, 7) is 6.28. The van der Waals surface area contributed by atoms with Crippen LogP contribution in [-0.4, -0.2) is 25.5 Å². The molecular weight excluding hydrogens is 342 g/mol. The Bertz CT molecular complexity index is 696. The van der Waals surface area contributed by atoms with E-state index in [9.17, 15) is 5.11 Å². The maximum absolute atomic E-state index is 11.0. The minimum Gasteiger partial charge on any atom is -0.389 e. The van der Waals surface area contributed by atoms with E-state index in [0.717, 1.165) is 10.3 Å². The molecule has 3 rings (SSSR count). The van der Waals surface area contributed by atoms with Gasteiger partial charge < -0.3 is 9.67 Å². The zero-order chi connectivity index (χ0) is 16.2. The predicted molar refractivity (Wildman–Crippen MR) is 89.6 cm³/mol. The molecule has 1 aliphatic rings. The largest absolute Gasteiger partial charge is 0.389 e. The number of hydrogen-bond donors (Lipinski definition) is 1. The number of benzene rings is 1. The lowest BCUT2D eigenvalue weighted by Crippen LogP contribution is -2.62. The quantitative estimate of drug-likeness (QED) is 0.888. The summed E-state index contributed by atoms with van der Waals surface area (Å²) in [6, 6.07) is 8.28. The molecule has 2 aromatic rings. The summed E-state index contributed by atoms with van der Waals surface area (Å²) < 4.78 is 3.00. The summed E-state index contributed by atoms with van der Waals surface area (Å²) in [6.07, 6.45) is 3.04. The minimum atomic E-state index is -0.693. The molecule has 1 fully saturated rings. The van der Waals surface area contributed by atoms with E-state index in [1.54, 1.807) is 6.33 Å². The Labute approximate surface area is 139 Å². The monoisotopic (exact) mass is 363 g/mol. The van der Waals surface area contributed by atoms with E-state index in [4.69, 9.17) is 0 Å². The summed E-state index contributed by atoms with van der Waals surface area (Å²) in [5.74, 6) is 0.916. The highest BCUT2D eigenvalue weighted by molar-refractivity contribution is 9.10. The highest BCUT2D eigenvalue weighted by atomic mass is 79.9. The molecule has 118 valence electrons. The van der Waals surface area contributed by atoms with Gasteiger partial charge in [-0.15, -0.1) is 10.2 Å². The Morgan fingerprint density at radius 3 is 2.45 bits per heavy atom. The molecule has 1 aliphatic carbocycles. The molecular formula is C17H22BrN3O. The molecule has 1 aromatic carbocycles. The zero-order valence-electron chi connectivity index (χ0n) is 13.5. The van der Waals surface area contributed by atoms with E-state index in [1.165, 1.54) is 5.56 Å². The molecule has 4 nitrogen and oxygen atoms in total. The van der Waals surface area contributed by atoms with Gasteiger partial charge in [-0.3, -0.25) is 0 Å². The van der Waals surface area contributed by atoms with Gasteiger partial charge in [0.15, 0.2) is 0 Å². The molecule has 1 N–H and O–H groups in total. The highest BCUT2D eigenvalue weighted by Gasteiger charge is 2.62. The average Bonchev–Trinajstić information content (AvgIpc) is 2.80. The van der Waals surface area contributed by atoms with Crippen LogP contribution in [0.1, 0.15) is 45.0 Å². The molecule has 0 unspecified atom stereocenters. The maximum atomic E-state index is 11.0. The van der Waals surface area contributed by atoms with Crippen molar-refractivity contribution in [3.05, 3.63) is 46.5 Å². The lowest BCUT2D eigenvalue weighted by molar-refractivity contribution is -0.153. The van der Waals surface area contributed by atoms with Crippen molar-refractivity contribution in [3.63, 3.8) is 0 Å². The lowest BCUT2D eigenvalue weighted by Gasteiger charge is -2.58. The normalized spacial score (nSPS) is 28.5. The van der Waals surface area contributed by atoms with Gasteiger partial charge in [0.05, 0.1) is 11.0 Å². The van der Waals surface area contributed by atoms with Crippen LogP contribution in [0.5, 0.6) is 0 Å². The van der Waals surface area contributed by atoms with Crippen LogP contribution >= 0.6 is 15.9 Å². The molecule has 1 saturated carbocycles. The molecule has 1 heterocycles. The smallest absolute Gasteiger partial charge is 0.143 e. The fourth-order valence-electron chi connectivity index (χ4n) is 3.47. The number of rotatable bonds is 2. The zero-order valence-corrected chi connectivity index (χ0v) is 15.1. The van der Waals surface area contributed by atoms with Gasteiger partial charge in [0.25, 0.3) is 0 Å². The number of aromatic nitrogens is 3. The number of aliphatic hydroxyl groups is 1.